The van der Waals surface area contributed by atoms with Gasteiger partial charge in [0.1, 0.15) is 5.82 Å². The van der Waals surface area contributed by atoms with Gasteiger partial charge in [0, 0.05) is 18.2 Å². The molecule has 1 aliphatic heterocycles. The van der Waals surface area contributed by atoms with Gasteiger partial charge in [-0.25, -0.2) is 4.39 Å². The smallest absolute Gasteiger partial charge is 0.255 e. The monoisotopic (exact) mass is 288 g/mol. The van der Waals surface area contributed by atoms with E-state index < -0.39 is 5.82 Å². The summed E-state index contributed by atoms with van der Waals surface area (Å²) in [6, 6.07) is 4.38. The van der Waals surface area contributed by atoms with Crippen LogP contribution in [0, 0.1) is 23.6 Å². The summed E-state index contributed by atoms with van der Waals surface area (Å²) in [5.41, 5.74) is 6.24. The number of amides is 1. The first-order valence-electron chi connectivity index (χ1n) is 7.34. The van der Waals surface area contributed by atoms with Crippen molar-refractivity contribution in [1.82, 2.24) is 4.90 Å². The molecule has 1 fully saturated rings. The van der Waals surface area contributed by atoms with E-state index in [1.807, 2.05) is 4.90 Å². The van der Waals surface area contributed by atoms with Gasteiger partial charge in [0.25, 0.3) is 5.91 Å². The van der Waals surface area contributed by atoms with Gasteiger partial charge < -0.3 is 10.6 Å². The van der Waals surface area contributed by atoms with Gasteiger partial charge in [0.15, 0.2) is 0 Å². The van der Waals surface area contributed by atoms with Crippen LogP contribution in [-0.2, 0) is 0 Å². The second-order valence-corrected chi connectivity index (χ2v) is 5.65. The highest BCUT2D eigenvalue weighted by molar-refractivity contribution is 5.97. The lowest BCUT2D eigenvalue weighted by molar-refractivity contribution is 0.0701. The fourth-order valence-corrected chi connectivity index (χ4v) is 2.85. The third-order valence-electron chi connectivity index (χ3n) is 3.87. The lowest BCUT2D eigenvalue weighted by atomic mass is 10.0. The number of benzene rings is 1. The van der Waals surface area contributed by atoms with Gasteiger partial charge in [0.05, 0.1) is 12.1 Å². The molecule has 2 N–H and O–H groups in total. The fraction of sp³-hybridized carbons (Fsp3) is 0.471. The van der Waals surface area contributed by atoms with Gasteiger partial charge >= 0.3 is 0 Å². The van der Waals surface area contributed by atoms with Crippen LogP contribution in [0.3, 0.4) is 0 Å². The van der Waals surface area contributed by atoms with E-state index in [1.54, 1.807) is 0 Å². The molecule has 0 aromatic heterocycles. The summed E-state index contributed by atoms with van der Waals surface area (Å²) in [7, 11) is 0. The first-order chi connectivity index (χ1) is 10.0. The standard InChI is InChI=1S/C17H21FN2O/c1-12(2)16-6-4-10-20(16)17(21)15-8-7-14(18)11-13(15)5-3-9-19/h7-8,11-12,16H,4,6,9-10,19H2,1-2H3. The number of likely N-dealkylation sites (tertiary alicyclic amines) is 1. The third-order valence-corrected chi connectivity index (χ3v) is 3.87. The average molecular weight is 288 g/mol. The number of hydrogen-bond donors (Lipinski definition) is 1. The molecular weight excluding hydrogens is 267 g/mol. The maximum Gasteiger partial charge on any atom is 0.255 e. The molecule has 1 amide bonds. The van der Waals surface area contributed by atoms with Crippen molar-refractivity contribution in [3.05, 3.63) is 35.1 Å². The van der Waals surface area contributed by atoms with Crippen molar-refractivity contribution in [2.24, 2.45) is 11.7 Å². The molecule has 1 atom stereocenters. The summed E-state index contributed by atoms with van der Waals surface area (Å²) < 4.78 is 13.4. The van der Waals surface area contributed by atoms with Crippen LogP contribution in [0.5, 0.6) is 0 Å². The lowest BCUT2D eigenvalue weighted by Crippen LogP contribution is -2.38. The van der Waals surface area contributed by atoms with Gasteiger partial charge in [-0.3, -0.25) is 4.79 Å². The number of hydrogen-bond acceptors (Lipinski definition) is 2. The summed E-state index contributed by atoms with van der Waals surface area (Å²) in [5.74, 6) is 5.45. The summed E-state index contributed by atoms with van der Waals surface area (Å²) in [6.07, 6.45) is 2.04. The maximum atomic E-state index is 13.4. The van der Waals surface area contributed by atoms with Crippen LogP contribution in [0.1, 0.15) is 42.6 Å². The Balaban J connectivity index is 2.34. The largest absolute Gasteiger partial charge is 0.335 e. The van der Waals surface area contributed by atoms with Crippen molar-refractivity contribution in [3.63, 3.8) is 0 Å². The van der Waals surface area contributed by atoms with Crippen LogP contribution >= 0.6 is 0 Å². The molecular formula is C17H21FN2O. The minimum absolute atomic E-state index is 0.0625. The number of halogens is 1. The van der Waals surface area contributed by atoms with Crippen molar-refractivity contribution in [3.8, 4) is 11.8 Å². The van der Waals surface area contributed by atoms with E-state index in [1.165, 1.54) is 18.2 Å². The number of carbonyl (C=O) groups excluding carboxylic acids is 1. The minimum atomic E-state index is -0.394. The van der Waals surface area contributed by atoms with Crippen LogP contribution in [0.4, 0.5) is 4.39 Å². The molecule has 1 heterocycles. The van der Waals surface area contributed by atoms with Gasteiger partial charge in [-0.1, -0.05) is 25.7 Å². The topological polar surface area (TPSA) is 46.3 Å². The second-order valence-electron chi connectivity index (χ2n) is 5.65. The Hall–Kier alpha value is -1.86. The SMILES string of the molecule is CC(C)C1CCCN1C(=O)c1ccc(F)cc1C#CCN. The van der Waals surface area contributed by atoms with E-state index in [4.69, 9.17) is 5.73 Å². The Morgan fingerprint density at radius 2 is 2.29 bits per heavy atom. The second kappa shape index (κ2) is 6.73. The summed E-state index contributed by atoms with van der Waals surface area (Å²) in [5, 5.41) is 0. The van der Waals surface area contributed by atoms with Gasteiger partial charge in [-0.15, -0.1) is 0 Å². The number of rotatable bonds is 2. The van der Waals surface area contributed by atoms with E-state index in [0.29, 0.717) is 17.0 Å². The van der Waals surface area contributed by atoms with Gasteiger partial charge in [-0.05, 0) is 37.0 Å². The molecule has 21 heavy (non-hydrogen) atoms. The Bertz CT molecular complexity index is 586. The van der Waals surface area contributed by atoms with Crippen LogP contribution in [0.2, 0.25) is 0 Å². The lowest BCUT2D eigenvalue weighted by Gasteiger charge is -2.28. The quantitative estimate of drug-likeness (QED) is 0.849. The maximum absolute atomic E-state index is 13.4. The highest BCUT2D eigenvalue weighted by Crippen LogP contribution is 2.26. The van der Waals surface area contributed by atoms with E-state index in [-0.39, 0.29) is 18.5 Å². The molecule has 2 rings (SSSR count). The highest BCUT2D eigenvalue weighted by atomic mass is 19.1. The van der Waals surface area contributed by atoms with Gasteiger partial charge in [-0.2, -0.15) is 0 Å². The van der Waals surface area contributed by atoms with E-state index in [2.05, 4.69) is 25.7 Å². The molecule has 0 radical (unpaired) electrons. The van der Waals surface area contributed by atoms with Crippen LogP contribution < -0.4 is 5.73 Å². The van der Waals surface area contributed by atoms with E-state index in [0.717, 1.165) is 19.4 Å². The Labute approximate surface area is 125 Å². The summed E-state index contributed by atoms with van der Waals surface area (Å²) in [4.78, 5) is 14.7. The molecule has 1 saturated heterocycles. The average Bonchev–Trinajstić information content (AvgIpc) is 2.94. The normalized spacial score (nSPS) is 17.8. The highest BCUT2D eigenvalue weighted by Gasteiger charge is 2.32. The molecule has 0 spiro atoms. The molecule has 1 aromatic rings. The zero-order valence-corrected chi connectivity index (χ0v) is 12.5. The van der Waals surface area contributed by atoms with Crippen LogP contribution in [0.25, 0.3) is 0 Å². The summed E-state index contributed by atoms with van der Waals surface area (Å²) >= 11 is 0. The molecule has 0 aliphatic carbocycles. The Morgan fingerprint density at radius 3 is 2.95 bits per heavy atom. The fourth-order valence-electron chi connectivity index (χ4n) is 2.85. The van der Waals surface area contributed by atoms with E-state index in [9.17, 15) is 9.18 Å². The van der Waals surface area contributed by atoms with Crippen LogP contribution in [0.15, 0.2) is 18.2 Å². The van der Waals surface area contributed by atoms with E-state index >= 15 is 0 Å². The molecule has 112 valence electrons. The zero-order chi connectivity index (χ0) is 15.4. The first kappa shape index (κ1) is 15.5. The van der Waals surface area contributed by atoms with Crippen molar-refractivity contribution in [1.29, 1.82) is 0 Å². The summed E-state index contributed by atoms with van der Waals surface area (Å²) in [6.45, 7) is 5.18. The Morgan fingerprint density at radius 1 is 1.52 bits per heavy atom. The van der Waals surface area contributed by atoms with Crippen molar-refractivity contribution in [2.45, 2.75) is 32.7 Å². The number of nitrogens with zero attached hydrogens (tertiary/aromatic N) is 1. The number of nitrogens with two attached hydrogens (primary N) is 1. The molecule has 0 saturated carbocycles. The predicted octanol–water partition coefficient (Wildman–Crippen LogP) is 2.40. The minimum Gasteiger partial charge on any atom is -0.335 e. The zero-order valence-electron chi connectivity index (χ0n) is 12.5. The van der Waals surface area contributed by atoms with Gasteiger partial charge in [0.2, 0.25) is 0 Å². The number of carbonyl (C=O) groups is 1. The first-order valence-corrected chi connectivity index (χ1v) is 7.34. The Kier molecular flexibility index (Phi) is 4.98. The molecule has 4 heteroatoms. The predicted molar refractivity (Wildman–Crippen MR) is 81.2 cm³/mol. The third kappa shape index (κ3) is 3.43. The molecule has 0 bridgehead atoms. The van der Waals surface area contributed by atoms with Crippen LogP contribution in [-0.4, -0.2) is 29.9 Å². The van der Waals surface area contributed by atoms with Crippen molar-refractivity contribution in [2.75, 3.05) is 13.1 Å². The van der Waals surface area contributed by atoms with Crippen molar-refractivity contribution >= 4 is 5.91 Å². The molecule has 1 unspecified atom stereocenters. The van der Waals surface area contributed by atoms with Crippen molar-refractivity contribution < 1.29 is 9.18 Å². The molecule has 3 nitrogen and oxygen atoms in total. The molecule has 1 aromatic carbocycles. The molecule has 1 aliphatic rings.